The lowest BCUT2D eigenvalue weighted by atomic mass is 10.1. The highest BCUT2D eigenvalue weighted by molar-refractivity contribution is 8.00. The monoisotopic (exact) mass is 350 g/mol. The Labute approximate surface area is 151 Å². The molecule has 0 saturated carbocycles. The largest absolute Gasteiger partial charge is 0.467 e. The normalized spacial score (nSPS) is 10.5. The van der Waals surface area contributed by atoms with E-state index in [-0.39, 0.29) is 5.91 Å². The van der Waals surface area contributed by atoms with Crippen molar-refractivity contribution >= 4 is 28.4 Å². The van der Waals surface area contributed by atoms with Gasteiger partial charge in [-0.25, -0.2) is 0 Å². The zero-order valence-electron chi connectivity index (χ0n) is 13.7. The van der Waals surface area contributed by atoms with Gasteiger partial charge in [-0.1, -0.05) is 30.3 Å². The molecule has 25 heavy (non-hydrogen) atoms. The van der Waals surface area contributed by atoms with Crippen LogP contribution in [-0.4, -0.2) is 23.1 Å². The van der Waals surface area contributed by atoms with E-state index in [1.54, 1.807) is 17.2 Å². The van der Waals surface area contributed by atoms with Crippen LogP contribution in [0.3, 0.4) is 0 Å². The number of thioether (sulfide) groups is 1. The zero-order valence-corrected chi connectivity index (χ0v) is 14.5. The van der Waals surface area contributed by atoms with E-state index in [0.29, 0.717) is 25.3 Å². The van der Waals surface area contributed by atoms with Crippen LogP contribution in [-0.2, 0) is 11.3 Å². The fraction of sp³-hybridized carbons (Fsp3) is 0.200. The maximum absolute atomic E-state index is 12.6. The van der Waals surface area contributed by atoms with Crippen LogP contribution < -0.4 is 0 Å². The number of amides is 1. The van der Waals surface area contributed by atoms with Crippen molar-refractivity contribution in [1.82, 2.24) is 4.90 Å². The van der Waals surface area contributed by atoms with E-state index in [2.05, 4.69) is 30.3 Å². The molecule has 1 heterocycles. The summed E-state index contributed by atoms with van der Waals surface area (Å²) in [5, 5.41) is 11.2. The molecule has 126 valence electrons. The first-order valence-corrected chi connectivity index (χ1v) is 9.03. The van der Waals surface area contributed by atoms with Crippen LogP contribution >= 0.6 is 11.8 Å². The second-order valence-electron chi connectivity index (χ2n) is 5.60. The van der Waals surface area contributed by atoms with Gasteiger partial charge in [0.05, 0.1) is 31.1 Å². The summed E-state index contributed by atoms with van der Waals surface area (Å²) >= 11 is 1.51. The quantitative estimate of drug-likeness (QED) is 0.590. The Morgan fingerprint density at radius 2 is 1.96 bits per heavy atom. The maximum Gasteiger partial charge on any atom is 0.233 e. The molecular formula is C20H18N2O2S. The smallest absolute Gasteiger partial charge is 0.233 e. The van der Waals surface area contributed by atoms with Gasteiger partial charge in [0, 0.05) is 11.4 Å². The summed E-state index contributed by atoms with van der Waals surface area (Å²) < 4.78 is 5.32. The van der Waals surface area contributed by atoms with Crippen LogP contribution in [0, 0.1) is 11.3 Å². The molecule has 0 unspecified atom stereocenters. The molecule has 0 aliphatic rings. The molecule has 0 saturated heterocycles. The van der Waals surface area contributed by atoms with Crippen LogP contribution in [0.25, 0.3) is 10.8 Å². The lowest BCUT2D eigenvalue weighted by Crippen LogP contribution is -2.32. The molecule has 0 radical (unpaired) electrons. The minimum absolute atomic E-state index is 0.00445. The number of nitriles is 1. The molecule has 3 aromatic rings. The van der Waals surface area contributed by atoms with E-state index in [9.17, 15) is 4.79 Å². The number of nitrogens with zero attached hydrogens (tertiary/aromatic N) is 2. The number of rotatable bonds is 7. The summed E-state index contributed by atoms with van der Waals surface area (Å²) in [6, 6.07) is 20.1. The first-order chi connectivity index (χ1) is 12.3. The minimum Gasteiger partial charge on any atom is -0.467 e. The van der Waals surface area contributed by atoms with Gasteiger partial charge in [-0.15, -0.1) is 11.8 Å². The van der Waals surface area contributed by atoms with Crippen molar-refractivity contribution < 1.29 is 9.21 Å². The van der Waals surface area contributed by atoms with Crippen LogP contribution in [0.15, 0.2) is 70.2 Å². The topological polar surface area (TPSA) is 57.2 Å². The third-order valence-corrected chi connectivity index (χ3v) is 4.83. The van der Waals surface area contributed by atoms with E-state index in [4.69, 9.17) is 9.68 Å². The standard InChI is InChI=1S/C20H18N2O2S/c21-10-4-11-22(14-18-7-3-12-24-18)20(23)15-25-19-9-8-16-5-1-2-6-17(16)13-19/h1-3,5-9,12-13H,4,11,14-15H2. The van der Waals surface area contributed by atoms with Gasteiger partial charge in [-0.3, -0.25) is 4.79 Å². The molecule has 0 atom stereocenters. The van der Waals surface area contributed by atoms with Crippen molar-refractivity contribution in [3.8, 4) is 6.07 Å². The number of hydrogen-bond donors (Lipinski definition) is 0. The molecule has 3 rings (SSSR count). The van der Waals surface area contributed by atoms with E-state index in [1.165, 1.54) is 17.1 Å². The zero-order chi connectivity index (χ0) is 17.5. The predicted molar refractivity (Wildman–Crippen MR) is 99.0 cm³/mol. The molecule has 0 aliphatic heterocycles. The molecule has 1 amide bonds. The van der Waals surface area contributed by atoms with Crippen molar-refractivity contribution in [1.29, 1.82) is 5.26 Å². The Balaban J connectivity index is 1.64. The summed E-state index contributed by atoms with van der Waals surface area (Å²) in [5.41, 5.74) is 0. The van der Waals surface area contributed by atoms with E-state index >= 15 is 0 Å². The second kappa shape index (κ2) is 8.41. The molecule has 0 spiro atoms. The van der Waals surface area contributed by atoms with Gasteiger partial charge in [0.15, 0.2) is 0 Å². The average molecular weight is 350 g/mol. The Kier molecular flexibility index (Phi) is 5.76. The fourth-order valence-corrected chi connectivity index (χ4v) is 3.41. The summed E-state index contributed by atoms with van der Waals surface area (Å²) in [4.78, 5) is 15.3. The molecule has 0 aliphatic carbocycles. The van der Waals surface area contributed by atoms with Gasteiger partial charge < -0.3 is 9.32 Å². The van der Waals surface area contributed by atoms with Gasteiger partial charge in [0.25, 0.3) is 0 Å². The summed E-state index contributed by atoms with van der Waals surface area (Å²) in [5.74, 6) is 1.07. The van der Waals surface area contributed by atoms with E-state index in [1.807, 2.05) is 24.3 Å². The molecule has 2 aromatic carbocycles. The minimum atomic E-state index is 0.00445. The van der Waals surface area contributed by atoms with Crippen molar-refractivity contribution in [3.63, 3.8) is 0 Å². The molecule has 5 heteroatoms. The summed E-state index contributed by atoms with van der Waals surface area (Å²) in [7, 11) is 0. The summed E-state index contributed by atoms with van der Waals surface area (Å²) in [6.07, 6.45) is 1.90. The maximum atomic E-state index is 12.6. The van der Waals surface area contributed by atoms with Crippen LogP contribution in [0.4, 0.5) is 0 Å². The van der Waals surface area contributed by atoms with Crippen molar-refractivity contribution in [2.24, 2.45) is 0 Å². The van der Waals surface area contributed by atoms with Crippen molar-refractivity contribution in [3.05, 3.63) is 66.6 Å². The Morgan fingerprint density at radius 1 is 1.12 bits per heavy atom. The highest BCUT2D eigenvalue weighted by Gasteiger charge is 2.15. The molecule has 1 aromatic heterocycles. The summed E-state index contributed by atoms with van der Waals surface area (Å²) in [6.45, 7) is 0.806. The number of carbonyl (C=O) groups excluding carboxylic acids is 1. The second-order valence-corrected chi connectivity index (χ2v) is 6.65. The number of carbonyl (C=O) groups is 1. The Bertz CT molecular complexity index is 884. The highest BCUT2D eigenvalue weighted by Crippen LogP contribution is 2.24. The van der Waals surface area contributed by atoms with E-state index < -0.39 is 0 Å². The highest BCUT2D eigenvalue weighted by atomic mass is 32.2. The Morgan fingerprint density at radius 3 is 2.72 bits per heavy atom. The van der Waals surface area contributed by atoms with E-state index in [0.717, 1.165) is 16.0 Å². The lowest BCUT2D eigenvalue weighted by molar-refractivity contribution is -0.129. The molecule has 0 bridgehead atoms. The third kappa shape index (κ3) is 4.65. The van der Waals surface area contributed by atoms with Gasteiger partial charge in [0.2, 0.25) is 5.91 Å². The average Bonchev–Trinajstić information content (AvgIpc) is 3.16. The van der Waals surface area contributed by atoms with Gasteiger partial charge in [0.1, 0.15) is 5.76 Å². The van der Waals surface area contributed by atoms with Crippen molar-refractivity contribution in [2.75, 3.05) is 12.3 Å². The number of hydrogen-bond acceptors (Lipinski definition) is 4. The van der Waals surface area contributed by atoms with Gasteiger partial charge in [-0.2, -0.15) is 5.26 Å². The van der Waals surface area contributed by atoms with Crippen LogP contribution in [0.2, 0.25) is 0 Å². The third-order valence-electron chi connectivity index (χ3n) is 3.86. The molecule has 0 fully saturated rings. The SMILES string of the molecule is N#CCCN(Cc1ccco1)C(=O)CSc1ccc2ccccc2c1. The fourth-order valence-electron chi connectivity index (χ4n) is 2.56. The van der Waals surface area contributed by atoms with Gasteiger partial charge >= 0.3 is 0 Å². The van der Waals surface area contributed by atoms with Crippen LogP contribution in [0.5, 0.6) is 0 Å². The molecule has 4 nitrogen and oxygen atoms in total. The Hall–Kier alpha value is -2.71. The predicted octanol–water partition coefficient (Wildman–Crippen LogP) is 4.47. The first-order valence-electron chi connectivity index (χ1n) is 8.05. The first kappa shape index (κ1) is 17.1. The number of furan rings is 1. The lowest BCUT2D eigenvalue weighted by Gasteiger charge is -2.20. The number of benzene rings is 2. The van der Waals surface area contributed by atoms with Crippen molar-refractivity contribution in [2.45, 2.75) is 17.9 Å². The van der Waals surface area contributed by atoms with Crippen LogP contribution in [0.1, 0.15) is 12.2 Å². The molecule has 0 N–H and O–H groups in total. The number of fused-ring (bicyclic) bond motifs is 1. The molecular weight excluding hydrogens is 332 g/mol. The van der Waals surface area contributed by atoms with Gasteiger partial charge in [-0.05, 0) is 35.0 Å².